The van der Waals surface area contributed by atoms with E-state index in [1.807, 2.05) is 6.92 Å². The van der Waals surface area contributed by atoms with Gasteiger partial charge < -0.3 is 15.3 Å². The van der Waals surface area contributed by atoms with Crippen molar-refractivity contribution in [2.45, 2.75) is 20.3 Å². The van der Waals surface area contributed by atoms with Gasteiger partial charge in [-0.2, -0.15) is 0 Å². The molecular formula is C14H21BrN2O. The minimum Gasteiger partial charge on any atom is -0.507 e. The molecule has 1 aromatic carbocycles. The second kappa shape index (κ2) is 6.04. The van der Waals surface area contributed by atoms with E-state index in [1.165, 1.54) is 5.56 Å². The third kappa shape index (κ3) is 3.05. The molecule has 0 unspecified atom stereocenters. The van der Waals surface area contributed by atoms with Crippen LogP contribution in [0.1, 0.15) is 16.7 Å². The summed E-state index contributed by atoms with van der Waals surface area (Å²) in [7, 11) is 0. The van der Waals surface area contributed by atoms with Crippen LogP contribution < -0.4 is 5.32 Å². The number of piperazine rings is 1. The smallest absolute Gasteiger partial charge is 0.123 e. The zero-order valence-electron chi connectivity index (χ0n) is 11.1. The first-order valence-electron chi connectivity index (χ1n) is 6.50. The van der Waals surface area contributed by atoms with Crippen LogP contribution in [0.4, 0.5) is 0 Å². The first kappa shape index (κ1) is 13.8. The van der Waals surface area contributed by atoms with Gasteiger partial charge in [0.25, 0.3) is 0 Å². The summed E-state index contributed by atoms with van der Waals surface area (Å²) >= 11 is 3.48. The van der Waals surface area contributed by atoms with Gasteiger partial charge in [-0.15, -0.1) is 0 Å². The molecule has 1 saturated heterocycles. The molecule has 1 aliphatic rings. The summed E-state index contributed by atoms with van der Waals surface area (Å²) in [4.78, 5) is 2.45. The van der Waals surface area contributed by atoms with Crippen LogP contribution in [0.15, 0.2) is 10.5 Å². The monoisotopic (exact) mass is 312 g/mol. The molecule has 2 N–H and O–H groups in total. The number of hydrogen-bond acceptors (Lipinski definition) is 3. The van der Waals surface area contributed by atoms with E-state index in [0.717, 1.165) is 54.7 Å². The van der Waals surface area contributed by atoms with Gasteiger partial charge in [0.2, 0.25) is 0 Å². The number of nitrogens with zero attached hydrogens (tertiary/aromatic N) is 1. The van der Waals surface area contributed by atoms with Crippen LogP contribution in [-0.2, 0) is 6.42 Å². The summed E-state index contributed by atoms with van der Waals surface area (Å²) in [6.45, 7) is 9.40. The van der Waals surface area contributed by atoms with E-state index in [1.54, 1.807) is 0 Å². The Hall–Kier alpha value is -0.580. The van der Waals surface area contributed by atoms with Crippen molar-refractivity contribution >= 4 is 15.9 Å². The predicted molar refractivity (Wildman–Crippen MR) is 78.3 cm³/mol. The lowest BCUT2D eigenvalue weighted by Gasteiger charge is -2.27. The average Bonchev–Trinajstić information content (AvgIpc) is 2.37. The molecular weight excluding hydrogens is 292 g/mol. The number of benzene rings is 1. The number of halogens is 1. The Bertz CT molecular complexity index is 428. The molecule has 3 nitrogen and oxygen atoms in total. The van der Waals surface area contributed by atoms with Gasteiger partial charge in [-0.3, -0.25) is 0 Å². The van der Waals surface area contributed by atoms with Gasteiger partial charge in [0, 0.05) is 42.8 Å². The summed E-state index contributed by atoms with van der Waals surface area (Å²) in [5.41, 5.74) is 3.20. The number of aryl methyl sites for hydroxylation is 1. The number of aromatic hydroxyl groups is 1. The molecule has 0 radical (unpaired) electrons. The maximum atomic E-state index is 10.2. The van der Waals surface area contributed by atoms with E-state index >= 15 is 0 Å². The topological polar surface area (TPSA) is 35.5 Å². The van der Waals surface area contributed by atoms with Crippen molar-refractivity contribution in [1.29, 1.82) is 0 Å². The highest BCUT2D eigenvalue weighted by atomic mass is 79.9. The molecule has 18 heavy (non-hydrogen) atoms. The zero-order chi connectivity index (χ0) is 13.1. The zero-order valence-corrected chi connectivity index (χ0v) is 12.7. The molecule has 0 aromatic heterocycles. The van der Waals surface area contributed by atoms with Gasteiger partial charge in [-0.25, -0.2) is 0 Å². The van der Waals surface area contributed by atoms with Crippen LogP contribution >= 0.6 is 15.9 Å². The van der Waals surface area contributed by atoms with Crippen LogP contribution in [0.25, 0.3) is 0 Å². The Kier molecular flexibility index (Phi) is 4.65. The van der Waals surface area contributed by atoms with Crippen LogP contribution in [0.2, 0.25) is 0 Å². The average molecular weight is 313 g/mol. The van der Waals surface area contributed by atoms with E-state index in [0.29, 0.717) is 5.75 Å². The molecule has 1 aromatic rings. The molecule has 0 spiro atoms. The third-order valence-corrected chi connectivity index (χ3v) is 4.53. The van der Waals surface area contributed by atoms with E-state index in [9.17, 15) is 5.11 Å². The second-order valence-corrected chi connectivity index (χ2v) is 5.82. The van der Waals surface area contributed by atoms with Crippen molar-refractivity contribution < 1.29 is 5.11 Å². The summed E-state index contributed by atoms with van der Waals surface area (Å²) in [5.74, 6) is 0.456. The Balaban J connectivity index is 2.06. The number of phenolic OH excluding ortho intramolecular Hbond substituents is 1. The standard InChI is InChI=1S/C14H21BrN2O/c1-10-9-13(15)11(2)14(18)12(10)3-6-17-7-4-16-5-8-17/h9,16,18H,3-8H2,1-2H3. The van der Waals surface area contributed by atoms with E-state index in [2.05, 4.69) is 39.1 Å². The Morgan fingerprint density at radius 3 is 2.67 bits per heavy atom. The number of rotatable bonds is 3. The minimum absolute atomic E-state index is 0.456. The Morgan fingerprint density at radius 2 is 2.00 bits per heavy atom. The van der Waals surface area contributed by atoms with Crippen LogP contribution in [0, 0.1) is 13.8 Å². The Labute approximate surface area is 117 Å². The third-order valence-electron chi connectivity index (χ3n) is 3.71. The molecule has 0 saturated carbocycles. The van der Waals surface area contributed by atoms with Gasteiger partial charge in [0.05, 0.1) is 0 Å². The fraction of sp³-hybridized carbons (Fsp3) is 0.571. The van der Waals surface area contributed by atoms with E-state index in [-0.39, 0.29) is 0 Å². The van der Waals surface area contributed by atoms with Gasteiger partial charge in [-0.05, 0) is 37.5 Å². The van der Waals surface area contributed by atoms with Crippen molar-refractivity contribution in [3.05, 3.63) is 27.2 Å². The van der Waals surface area contributed by atoms with Crippen LogP contribution in [0.3, 0.4) is 0 Å². The Morgan fingerprint density at radius 1 is 1.33 bits per heavy atom. The molecule has 0 aliphatic carbocycles. The van der Waals surface area contributed by atoms with Crippen molar-refractivity contribution in [2.75, 3.05) is 32.7 Å². The molecule has 1 fully saturated rings. The SMILES string of the molecule is Cc1cc(Br)c(C)c(O)c1CCN1CCNCC1. The molecule has 2 rings (SSSR count). The number of phenols is 1. The van der Waals surface area contributed by atoms with Gasteiger partial charge in [0.15, 0.2) is 0 Å². The fourth-order valence-corrected chi connectivity index (χ4v) is 2.96. The lowest BCUT2D eigenvalue weighted by Crippen LogP contribution is -2.44. The maximum Gasteiger partial charge on any atom is 0.123 e. The lowest BCUT2D eigenvalue weighted by atomic mass is 10.0. The largest absolute Gasteiger partial charge is 0.507 e. The summed E-state index contributed by atoms with van der Waals surface area (Å²) < 4.78 is 0.989. The lowest BCUT2D eigenvalue weighted by molar-refractivity contribution is 0.243. The first-order chi connectivity index (χ1) is 8.59. The van der Waals surface area contributed by atoms with Gasteiger partial charge in [-0.1, -0.05) is 15.9 Å². The molecule has 0 amide bonds. The van der Waals surface area contributed by atoms with Crippen LogP contribution in [0.5, 0.6) is 5.75 Å². The fourth-order valence-electron chi connectivity index (χ4n) is 2.43. The summed E-state index contributed by atoms with van der Waals surface area (Å²) in [6.07, 6.45) is 0.922. The van der Waals surface area contributed by atoms with Crippen molar-refractivity contribution in [3.8, 4) is 5.75 Å². The number of hydrogen-bond donors (Lipinski definition) is 2. The summed E-state index contributed by atoms with van der Waals surface area (Å²) in [6, 6.07) is 2.10. The van der Waals surface area contributed by atoms with Crippen molar-refractivity contribution in [1.82, 2.24) is 10.2 Å². The van der Waals surface area contributed by atoms with Crippen LogP contribution in [-0.4, -0.2) is 42.7 Å². The minimum atomic E-state index is 0.456. The molecule has 0 bridgehead atoms. The quantitative estimate of drug-likeness (QED) is 0.898. The highest BCUT2D eigenvalue weighted by molar-refractivity contribution is 9.10. The highest BCUT2D eigenvalue weighted by Crippen LogP contribution is 2.32. The van der Waals surface area contributed by atoms with E-state index < -0.39 is 0 Å². The van der Waals surface area contributed by atoms with Gasteiger partial charge >= 0.3 is 0 Å². The van der Waals surface area contributed by atoms with Crippen molar-refractivity contribution in [2.24, 2.45) is 0 Å². The highest BCUT2D eigenvalue weighted by Gasteiger charge is 2.14. The maximum absolute atomic E-state index is 10.2. The second-order valence-electron chi connectivity index (χ2n) is 4.97. The molecule has 1 heterocycles. The molecule has 100 valence electrons. The molecule has 0 atom stereocenters. The molecule has 1 aliphatic heterocycles. The van der Waals surface area contributed by atoms with Gasteiger partial charge in [0.1, 0.15) is 5.75 Å². The van der Waals surface area contributed by atoms with Crippen molar-refractivity contribution in [3.63, 3.8) is 0 Å². The first-order valence-corrected chi connectivity index (χ1v) is 7.29. The van der Waals surface area contributed by atoms with E-state index in [4.69, 9.17) is 0 Å². The molecule has 4 heteroatoms. The summed E-state index contributed by atoms with van der Waals surface area (Å²) in [5, 5.41) is 13.6. The normalized spacial score (nSPS) is 17.1. The predicted octanol–water partition coefficient (Wildman–Crippen LogP) is 2.22. The number of nitrogens with one attached hydrogen (secondary N) is 1.